The summed E-state index contributed by atoms with van der Waals surface area (Å²) in [5.41, 5.74) is 0. The van der Waals surface area contributed by atoms with Crippen molar-refractivity contribution in [3.63, 3.8) is 0 Å². The Morgan fingerprint density at radius 1 is 0.583 bits per heavy atom. The highest BCUT2D eigenvalue weighted by Gasteiger charge is 2.30. The monoisotopic (exact) mass is 630 g/mol. The Morgan fingerprint density at radius 3 is 1.11 bits per heavy atom. The molecule has 12 nitrogen and oxygen atoms in total. The average molecular weight is 631 g/mol. The van der Waals surface area contributed by atoms with Crippen LogP contribution in [-0.4, -0.2) is 100 Å². The van der Waals surface area contributed by atoms with Crippen molar-refractivity contribution in [2.45, 2.75) is 52.1 Å². The summed E-state index contributed by atoms with van der Waals surface area (Å²) < 4.78 is 61.2. The van der Waals surface area contributed by atoms with E-state index in [1.54, 1.807) is 0 Å². The zero-order valence-corrected chi connectivity index (χ0v) is 24.9. The van der Waals surface area contributed by atoms with Gasteiger partial charge in [-0.15, -0.1) is 0 Å². The van der Waals surface area contributed by atoms with Crippen LogP contribution in [0.5, 0.6) is 0 Å². The highest BCUT2D eigenvalue weighted by Crippen LogP contribution is 2.30. The van der Waals surface area contributed by atoms with Gasteiger partial charge in [-0.3, -0.25) is 19.2 Å². The van der Waals surface area contributed by atoms with Crippen LogP contribution >= 0.6 is 43.2 Å². The predicted molar refractivity (Wildman–Crippen MR) is 143 cm³/mol. The van der Waals surface area contributed by atoms with E-state index in [9.17, 15) is 27.6 Å². The maximum Gasteiger partial charge on any atom is 0.303 e. The second-order valence-corrected chi connectivity index (χ2v) is 14.0. The quantitative estimate of drug-likeness (QED) is 0.0694. The van der Waals surface area contributed by atoms with Crippen LogP contribution in [-0.2, 0) is 60.3 Å². The third kappa shape index (κ3) is 19.6. The molecule has 18 heteroatoms. The van der Waals surface area contributed by atoms with Crippen LogP contribution in [0.15, 0.2) is 0 Å². The molecule has 210 valence electrons. The first kappa shape index (κ1) is 35.5. The van der Waals surface area contributed by atoms with Crippen molar-refractivity contribution < 1.29 is 55.6 Å². The zero-order valence-electron chi connectivity index (χ0n) is 20.0. The van der Waals surface area contributed by atoms with E-state index < -0.39 is 82.0 Å². The number of carbonyl (C=O) groups is 4. The van der Waals surface area contributed by atoms with E-state index in [4.69, 9.17) is 28.1 Å². The predicted octanol–water partition coefficient (Wildman–Crippen LogP) is 1.92. The van der Waals surface area contributed by atoms with E-state index in [1.165, 1.54) is 57.0 Å². The normalized spacial score (nSPS) is 16.1. The molecule has 2 N–H and O–H groups in total. The Labute approximate surface area is 230 Å². The fraction of sp³-hybridized carbons (Fsp3) is 0.778. The Bertz CT molecular complexity index is 673. The number of rotatable bonds is 19. The molecule has 0 aliphatic heterocycles. The molecule has 0 bridgehead atoms. The van der Waals surface area contributed by atoms with Crippen LogP contribution < -0.4 is 0 Å². The molecule has 0 spiro atoms. The first-order valence-corrected chi connectivity index (χ1v) is 17.7. The van der Waals surface area contributed by atoms with Crippen molar-refractivity contribution in [1.29, 1.82) is 0 Å². The largest absolute Gasteiger partial charge is 0.458 e. The van der Waals surface area contributed by atoms with E-state index in [-0.39, 0.29) is 11.5 Å². The van der Waals surface area contributed by atoms with E-state index in [0.29, 0.717) is 11.5 Å². The summed E-state index contributed by atoms with van der Waals surface area (Å²) in [7, 11) is 5.55. The molecule has 0 aromatic carbocycles. The van der Waals surface area contributed by atoms with Gasteiger partial charge in [-0.05, 0) is 0 Å². The smallest absolute Gasteiger partial charge is 0.303 e. The molecular formula is C18H30O12S6. The minimum atomic E-state index is -2.26. The first-order chi connectivity index (χ1) is 16.8. The molecule has 0 aliphatic carbocycles. The molecule has 36 heavy (non-hydrogen) atoms. The Balaban J connectivity index is 4.64. The number of ether oxygens (including phenoxy) is 4. The van der Waals surface area contributed by atoms with Gasteiger partial charge in [0.1, 0.15) is 12.2 Å². The van der Waals surface area contributed by atoms with Crippen LogP contribution in [0.3, 0.4) is 0 Å². The summed E-state index contributed by atoms with van der Waals surface area (Å²) in [6.45, 7) is 4.68. The highest BCUT2D eigenvalue weighted by atomic mass is 33.1. The SMILES string of the molecule is CC(=O)O[C@@H](CS(=O)O)[C@@H](CSSCCSSC[C@@H](OC(C)=O)[C@H](CS(=O)O)OC(C)=O)OC(C)=O. The Hall–Kier alpha value is -0.500. The van der Waals surface area contributed by atoms with Gasteiger partial charge in [-0.25, -0.2) is 8.42 Å². The van der Waals surface area contributed by atoms with Gasteiger partial charge < -0.3 is 28.1 Å². The maximum atomic E-state index is 11.4. The highest BCUT2D eigenvalue weighted by molar-refractivity contribution is 8.78. The maximum absolute atomic E-state index is 11.4. The lowest BCUT2D eigenvalue weighted by atomic mass is 10.2. The number of carbonyl (C=O) groups excluding carboxylic acids is 4. The summed E-state index contributed by atoms with van der Waals surface area (Å²) >= 11 is -4.52. The van der Waals surface area contributed by atoms with Gasteiger partial charge in [0.2, 0.25) is 0 Å². The van der Waals surface area contributed by atoms with Crippen LogP contribution in [0.4, 0.5) is 0 Å². The standard InChI is InChI=1S/C18H30O12S6/c1-11(19)27-15(17(9-35(23)24)29-13(3)21)7-33-31-5-6-32-34-8-16(28-12(2)20)18(10-36(25)26)30-14(4)22/h15-18H,5-10H2,1-4H3,(H,23,24)(H,25,26)/t15-,16-,17+,18+/m1/s1. The molecule has 0 radical (unpaired) electrons. The molecule has 0 saturated carbocycles. The summed E-state index contributed by atoms with van der Waals surface area (Å²) in [5.74, 6) is -1.62. The van der Waals surface area contributed by atoms with Gasteiger partial charge >= 0.3 is 23.9 Å². The van der Waals surface area contributed by atoms with Gasteiger partial charge in [-0.2, -0.15) is 0 Å². The van der Waals surface area contributed by atoms with Crippen molar-refractivity contribution >= 4 is 89.2 Å². The molecule has 0 fully saturated rings. The van der Waals surface area contributed by atoms with E-state index in [1.807, 2.05) is 0 Å². The zero-order chi connectivity index (χ0) is 27.7. The van der Waals surface area contributed by atoms with Crippen LogP contribution in [0, 0.1) is 0 Å². The van der Waals surface area contributed by atoms with Crippen LogP contribution in [0.1, 0.15) is 27.7 Å². The minimum absolute atomic E-state index is 0.216. The summed E-state index contributed by atoms with van der Waals surface area (Å²) in [4.78, 5) is 45.5. The molecule has 0 aromatic heterocycles. The third-order valence-electron chi connectivity index (χ3n) is 3.59. The molecule has 0 aromatic rings. The van der Waals surface area contributed by atoms with Crippen molar-refractivity contribution in [2.24, 2.45) is 0 Å². The Morgan fingerprint density at radius 2 is 0.861 bits per heavy atom. The summed E-state index contributed by atoms with van der Waals surface area (Å²) in [6.07, 6.45) is -3.93. The van der Waals surface area contributed by atoms with Crippen molar-refractivity contribution in [3.05, 3.63) is 0 Å². The molecule has 0 saturated heterocycles. The van der Waals surface area contributed by atoms with Crippen molar-refractivity contribution in [1.82, 2.24) is 0 Å². The molecule has 0 rings (SSSR count). The minimum Gasteiger partial charge on any atom is -0.458 e. The first-order valence-electron chi connectivity index (χ1n) is 10.1. The van der Waals surface area contributed by atoms with Crippen molar-refractivity contribution in [2.75, 3.05) is 34.5 Å². The lowest BCUT2D eigenvalue weighted by Gasteiger charge is -2.25. The fourth-order valence-electron chi connectivity index (χ4n) is 2.42. The molecule has 2 unspecified atom stereocenters. The van der Waals surface area contributed by atoms with Gasteiger partial charge in [0.15, 0.2) is 34.4 Å². The second-order valence-electron chi connectivity index (χ2n) is 6.78. The van der Waals surface area contributed by atoms with Gasteiger partial charge in [0.05, 0.1) is 11.5 Å². The average Bonchev–Trinajstić information content (AvgIpc) is 2.71. The number of hydrogen-bond donors (Lipinski definition) is 2. The molecule has 6 atom stereocenters. The lowest BCUT2D eigenvalue weighted by molar-refractivity contribution is -0.161. The molecular weight excluding hydrogens is 601 g/mol. The van der Waals surface area contributed by atoms with Gasteiger partial charge in [0, 0.05) is 50.7 Å². The topological polar surface area (TPSA) is 180 Å². The lowest BCUT2D eigenvalue weighted by Crippen LogP contribution is -2.40. The Kier molecular flexibility index (Phi) is 20.2. The number of hydrogen-bond acceptors (Lipinski definition) is 14. The van der Waals surface area contributed by atoms with Gasteiger partial charge in [0.25, 0.3) is 0 Å². The fourth-order valence-corrected chi connectivity index (χ4v) is 8.67. The van der Waals surface area contributed by atoms with E-state index in [2.05, 4.69) is 0 Å². The summed E-state index contributed by atoms with van der Waals surface area (Å²) in [6, 6.07) is 0. The van der Waals surface area contributed by atoms with Crippen LogP contribution in [0.25, 0.3) is 0 Å². The molecule has 0 aliphatic rings. The molecule has 0 amide bonds. The summed E-state index contributed by atoms with van der Waals surface area (Å²) in [5, 5.41) is 0. The van der Waals surface area contributed by atoms with Gasteiger partial charge in [-0.1, -0.05) is 43.2 Å². The second kappa shape index (κ2) is 20.5. The van der Waals surface area contributed by atoms with E-state index in [0.717, 1.165) is 13.8 Å². The number of esters is 4. The van der Waals surface area contributed by atoms with Crippen LogP contribution in [0.2, 0.25) is 0 Å². The molecule has 0 heterocycles. The third-order valence-corrected chi connectivity index (χ3v) is 9.90. The van der Waals surface area contributed by atoms with E-state index >= 15 is 0 Å². The van der Waals surface area contributed by atoms with Crippen molar-refractivity contribution in [3.8, 4) is 0 Å².